The number of carbonyl (C=O) groups excluding carboxylic acids is 1. The van der Waals surface area contributed by atoms with Gasteiger partial charge in [0.25, 0.3) is 5.91 Å². The van der Waals surface area contributed by atoms with E-state index in [0.717, 1.165) is 12.1 Å². The highest BCUT2D eigenvalue weighted by Crippen LogP contribution is 2.25. The second kappa shape index (κ2) is 6.97. The zero-order valence-corrected chi connectivity index (χ0v) is 12.9. The number of amides is 1. The molecule has 1 amide bonds. The molecule has 2 aromatic carbocycles. The number of aliphatic hydroxyl groups is 1. The highest BCUT2D eigenvalue weighted by molar-refractivity contribution is 5.94. The SMILES string of the molecule is O=C(c1ccc(Oc2ccc(F)cc2F)cc1)N1CCC(O)CC1. The minimum Gasteiger partial charge on any atom is -0.454 e. The number of benzene rings is 2. The molecule has 1 saturated heterocycles. The van der Waals surface area contributed by atoms with Crippen LogP contribution in [-0.4, -0.2) is 35.1 Å². The van der Waals surface area contributed by atoms with Crippen molar-refractivity contribution < 1.29 is 23.4 Å². The van der Waals surface area contributed by atoms with Crippen molar-refractivity contribution in [2.24, 2.45) is 0 Å². The zero-order valence-electron chi connectivity index (χ0n) is 12.9. The fourth-order valence-electron chi connectivity index (χ4n) is 2.60. The molecule has 24 heavy (non-hydrogen) atoms. The Hall–Kier alpha value is -2.47. The molecule has 0 saturated carbocycles. The van der Waals surface area contributed by atoms with E-state index in [9.17, 15) is 18.7 Å². The van der Waals surface area contributed by atoms with E-state index in [1.54, 1.807) is 29.2 Å². The van der Waals surface area contributed by atoms with Crippen LogP contribution >= 0.6 is 0 Å². The first-order chi connectivity index (χ1) is 11.5. The first-order valence-electron chi connectivity index (χ1n) is 7.73. The Balaban J connectivity index is 1.68. The number of rotatable bonds is 3. The van der Waals surface area contributed by atoms with Crippen LogP contribution in [0.5, 0.6) is 11.5 Å². The summed E-state index contributed by atoms with van der Waals surface area (Å²) in [7, 11) is 0. The lowest BCUT2D eigenvalue weighted by Gasteiger charge is -2.29. The fourth-order valence-corrected chi connectivity index (χ4v) is 2.60. The van der Waals surface area contributed by atoms with Crippen molar-refractivity contribution in [3.05, 3.63) is 59.7 Å². The second-order valence-corrected chi connectivity index (χ2v) is 5.72. The Morgan fingerprint density at radius 2 is 1.75 bits per heavy atom. The first kappa shape index (κ1) is 16.4. The number of ether oxygens (including phenoxy) is 1. The van der Waals surface area contributed by atoms with E-state index in [1.807, 2.05) is 0 Å². The minimum atomic E-state index is -0.790. The van der Waals surface area contributed by atoms with Crippen LogP contribution in [0.3, 0.4) is 0 Å². The molecule has 1 fully saturated rings. The quantitative estimate of drug-likeness (QED) is 0.937. The molecule has 1 heterocycles. The third kappa shape index (κ3) is 3.71. The van der Waals surface area contributed by atoms with Gasteiger partial charge in [0.05, 0.1) is 6.10 Å². The summed E-state index contributed by atoms with van der Waals surface area (Å²) in [6.07, 6.45) is 0.823. The van der Waals surface area contributed by atoms with Gasteiger partial charge in [-0.25, -0.2) is 8.78 Å². The normalized spacial score (nSPS) is 15.4. The number of hydrogen-bond donors (Lipinski definition) is 1. The largest absolute Gasteiger partial charge is 0.454 e. The maximum absolute atomic E-state index is 13.6. The molecule has 0 atom stereocenters. The van der Waals surface area contributed by atoms with Gasteiger partial charge in [-0.15, -0.1) is 0 Å². The van der Waals surface area contributed by atoms with Crippen LogP contribution in [0.4, 0.5) is 8.78 Å². The highest BCUT2D eigenvalue weighted by Gasteiger charge is 2.22. The Morgan fingerprint density at radius 1 is 1.08 bits per heavy atom. The van der Waals surface area contributed by atoms with E-state index in [-0.39, 0.29) is 17.8 Å². The van der Waals surface area contributed by atoms with E-state index in [1.165, 1.54) is 6.07 Å². The molecule has 126 valence electrons. The molecule has 0 aliphatic carbocycles. The van der Waals surface area contributed by atoms with Gasteiger partial charge in [-0.3, -0.25) is 4.79 Å². The summed E-state index contributed by atoms with van der Waals surface area (Å²) in [5, 5.41) is 9.49. The summed E-state index contributed by atoms with van der Waals surface area (Å²) in [4.78, 5) is 14.1. The summed E-state index contributed by atoms with van der Waals surface area (Å²) in [6.45, 7) is 1.05. The minimum absolute atomic E-state index is 0.0829. The molecule has 4 nitrogen and oxygen atoms in total. The van der Waals surface area contributed by atoms with Crippen LogP contribution in [-0.2, 0) is 0 Å². The Kier molecular flexibility index (Phi) is 4.76. The molecule has 1 aliphatic heterocycles. The summed E-state index contributed by atoms with van der Waals surface area (Å²) >= 11 is 0. The molecular formula is C18H17F2NO3. The fraction of sp³-hybridized carbons (Fsp3) is 0.278. The van der Waals surface area contributed by atoms with E-state index in [0.29, 0.717) is 37.2 Å². The number of nitrogens with zero attached hydrogens (tertiary/aromatic N) is 1. The number of hydrogen-bond acceptors (Lipinski definition) is 3. The van der Waals surface area contributed by atoms with Crippen molar-refractivity contribution in [2.75, 3.05) is 13.1 Å². The lowest BCUT2D eigenvalue weighted by molar-refractivity contribution is 0.0546. The van der Waals surface area contributed by atoms with Crippen molar-refractivity contribution in [3.8, 4) is 11.5 Å². The first-order valence-corrected chi connectivity index (χ1v) is 7.73. The Morgan fingerprint density at radius 3 is 2.38 bits per heavy atom. The van der Waals surface area contributed by atoms with Gasteiger partial charge in [0.1, 0.15) is 11.6 Å². The van der Waals surface area contributed by atoms with Gasteiger partial charge >= 0.3 is 0 Å². The molecule has 6 heteroatoms. The van der Waals surface area contributed by atoms with E-state index in [2.05, 4.69) is 0 Å². The van der Waals surface area contributed by atoms with Gasteiger partial charge < -0.3 is 14.7 Å². The Labute approximate surface area is 138 Å². The maximum Gasteiger partial charge on any atom is 0.253 e. The van der Waals surface area contributed by atoms with Crippen LogP contribution in [0.2, 0.25) is 0 Å². The van der Waals surface area contributed by atoms with Crippen LogP contribution < -0.4 is 4.74 Å². The van der Waals surface area contributed by atoms with E-state index in [4.69, 9.17) is 4.74 Å². The molecule has 3 rings (SSSR count). The van der Waals surface area contributed by atoms with Crippen molar-refractivity contribution in [1.82, 2.24) is 4.90 Å². The number of piperidine rings is 1. The van der Waals surface area contributed by atoms with Gasteiger partial charge in [-0.05, 0) is 49.2 Å². The third-order valence-electron chi connectivity index (χ3n) is 3.97. The number of carbonyl (C=O) groups is 1. The number of aliphatic hydroxyl groups excluding tert-OH is 1. The van der Waals surface area contributed by atoms with E-state index >= 15 is 0 Å². The average Bonchev–Trinajstić information content (AvgIpc) is 2.58. The van der Waals surface area contributed by atoms with Crippen molar-refractivity contribution in [1.29, 1.82) is 0 Å². The van der Waals surface area contributed by atoms with Gasteiger partial charge in [0, 0.05) is 24.7 Å². The van der Waals surface area contributed by atoms with Crippen LogP contribution in [0.1, 0.15) is 23.2 Å². The molecule has 0 bridgehead atoms. The Bertz CT molecular complexity index is 726. The topological polar surface area (TPSA) is 49.8 Å². The summed E-state index contributed by atoms with van der Waals surface area (Å²) < 4.78 is 31.8. The molecule has 0 radical (unpaired) electrons. The maximum atomic E-state index is 13.6. The standard InChI is InChI=1S/C18H17F2NO3/c19-13-3-6-17(16(20)11-13)24-15-4-1-12(2-5-15)18(23)21-9-7-14(22)8-10-21/h1-6,11,14,22H,7-10H2. The third-order valence-corrected chi connectivity index (χ3v) is 3.97. The molecule has 1 aliphatic rings. The van der Waals surface area contributed by atoms with Crippen molar-refractivity contribution in [2.45, 2.75) is 18.9 Å². The van der Waals surface area contributed by atoms with Gasteiger partial charge in [0.15, 0.2) is 11.6 Å². The van der Waals surface area contributed by atoms with Crippen molar-refractivity contribution in [3.63, 3.8) is 0 Å². The molecule has 0 aromatic heterocycles. The molecule has 0 spiro atoms. The monoisotopic (exact) mass is 333 g/mol. The van der Waals surface area contributed by atoms with E-state index < -0.39 is 11.6 Å². The predicted molar refractivity (Wildman–Crippen MR) is 84.0 cm³/mol. The van der Waals surface area contributed by atoms with Crippen molar-refractivity contribution >= 4 is 5.91 Å². The highest BCUT2D eigenvalue weighted by atomic mass is 19.1. The van der Waals surface area contributed by atoms with Gasteiger partial charge in [-0.1, -0.05) is 0 Å². The zero-order chi connectivity index (χ0) is 17.1. The second-order valence-electron chi connectivity index (χ2n) is 5.72. The lowest BCUT2D eigenvalue weighted by atomic mass is 10.1. The van der Waals surface area contributed by atoms with Crippen LogP contribution in [0.15, 0.2) is 42.5 Å². The molecule has 2 aromatic rings. The van der Waals surface area contributed by atoms with Crippen LogP contribution in [0.25, 0.3) is 0 Å². The van der Waals surface area contributed by atoms with Crippen LogP contribution in [0, 0.1) is 11.6 Å². The molecule has 1 N–H and O–H groups in total. The van der Waals surface area contributed by atoms with Gasteiger partial charge in [-0.2, -0.15) is 0 Å². The predicted octanol–water partition coefficient (Wildman–Crippen LogP) is 3.35. The lowest BCUT2D eigenvalue weighted by Crippen LogP contribution is -2.40. The average molecular weight is 333 g/mol. The smallest absolute Gasteiger partial charge is 0.253 e. The number of likely N-dealkylation sites (tertiary alicyclic amines) is 1. The summed E-state index contributed by atoms with van der Waals surface area (Å²) in [6, 6.07) is 9.40. The number of halogens is 2. The van der Waals surface area contributed by atoms with Gasteiger partial charge in [0.2, 0.25) is 0 Å². The molecule has 0 unspecified atom stereocenters. The molecular weight excluding hydrogens is 316 g/mol. The summed E-state index contributed by atoms with van der Waals surface area (Å²) in [5.74, 6) is -1.30. The summed E-state index contributed by atoms with van der Waals surface area (Å²) in [5.41, 5.74) is 0.498.